The maximum Gasteiger partial charge on any atom is 0.228 e. The number of likely N-dealkylation sites (N-methyl/N-ethyl adjacent to an activating group) is 1. The van der Waals surface area contributed by atoms with Crippen LogP contribution in [0.15, 0.2) is 0 Å². The van der Waals surface area contributed by atoms with Crippen LogP contribution >= 0.6 is 0 Å². The van der Waals surface area contributed by atoms with Crippen molar-refractivity contribution in [3.05, 3.63) is 0 Å². The average molecular weight is 290 g/mol. The smallest absolute Gasteiger partial charge is 0.228 e. The third kappa shape index (κ3) is 2.42. The molecule has 118 valence electrons. The molecular weight excluding hydrogens is 260 g/mol. The standard InChI is InChI=1S/C18H30N2O/c1-2-20(12-16-4-3-5-19-16)17(21)18-9-13-6-14(10-18)8-15(7-13)11-18/h13-16,19H,2-12H2,1H3. The van der Waals surface area contributed by atoms with E-state index >= 15 is 0 Å². The average Bonchev–Trinajstić information content (AvgIpc) is 2.95. The molecule has 1 aliphatic heterocycles. The van der Waals surface area contributed by atoms with E-state index < -0.39 is 0 Å². The van der Waals surface area contributed by atoms with Gasteiger partial charge in [0, 0.05) is 19.1 Å². The maximum absolute atomic E-state index is 13.3. The van der Waals surface area contributed by atoms with E-state index in [4.69, 9.17) is 0 Å². The highest BCUT2D eigenvalue weighted by Gasteiger charge is 2.55. The van der Waals surface area contributed by atoms with E-state index in [0.717, 1.165) is 37.4 Å². The normalized spacial score (nSPS) is 44.2. The number of carbonyl (C=O) groups excluding carboxylic acids is 1. The van der Waals surface area contributed by atoms with Crippen molar-refractivity contribution in [2.75, 3.05) is 19.6 Å². The molecule has 4 saturated carbocycles. The van der Waals surface area contributed by atoms with Crippen molar-refractivity contribution in [1.82, 2.24) is 10.2 Å². The molecule has 0 aromatic rings. The quantitative estimate of drug-likeness (QED) is 0.863. The second-order valence-electron chi connectivity index (χ2n) is 8.33. The Balaban J connectivity index is 1.49. The van der Waals surface area contributed by atoms with E-state index in [1.165, 1.54) is 51.4 Å². The van der Waals surface area contributed by atoms with Gasteiger partial charge in [0.2, 0.25) is 5.91 Å². The van der Waals surface area contributed by atoms with Crippen molar-refractivity contribution in [2.24, 2.45) is 23.2 Å². The lowest BCUT2D eigenvalue weighted by Crippen LogP contribution is -2.56. The highest BCUT2D eigenvalue weighted by molar-refractivity contribution is 5.83. The number of rotatable bonds is 4. The van der Waals surface area contributed by atoms with E-state index in [1.807, 2.05) is 0 Å². The van der Waals surface area contributed by atoms with Crippen LogP contribution in [-0.4, -0.2) is 36.5 Å². The van der Waals surface area contributed by atoms with E-state index in [9.17, 15) is 4.79 Å². The van der Waals surface area contributed by atoms with Gasteiger partial charge in [-0.05, 0) is 82.6 Å². The van der Waals surface area contributed by atoms with Crippen LogP contribution in [0.3, 0.4) is 0 Å². The Bertz CT molecular complexity index is 378. The molecule has 0 spiro atoms. The molecule has 1 unspecified atom stereocenters. The first kappa shape index (κ1) is 14.0. The van der Waals surface area contributed by atoms with Crippen molar-refractivity contribution < 1.29 is 4.79 Å². The number of amides is 1. The first-order valence-corrected chi connectivity index (χ1v) is 9.21. The molecule has 5 rings (SSSR count). The van der Waals surface area contributed by atoms with Crippen molar-refractivity contribution >= 4 is 5.91 Å². The lowest BCUT2D eigenvalue weighted by atomic mass is 9.49. The van der Waals surface area contributed by atoms with Crippen LogP contribution in [0.4, 0.5) is 0 Å². The fraction of sp³-hybridized carbons (Fsp3) is 0.944. The van der Waals surface area contributed by atoms with E-state index in [-0.39, 0.29) is 5.41 Å². The van der Waals surface area contributed by atoms with Crippen LogP contribution in [0.5, 0.6) is 0 Å². The fourth-order valence-electron chi connectivity index (χ4n) is 6.24. The first-order chi connectivity index (χ1) is 10.2. The molecular formula is C18H30N2O. The van der Waals surface area contributed by atoms with E-state index in [1.54, 1.807) is 0 Å². The predicted octanol–water partition coefficient (Wildman–Crippen LogP) is 2.80. The summed E-state index contributed by atoms with van der Waals surface area (Å²) < 4.78 is 0. The van der Waals surface area contributed by atoms with Gasteiger partial charge >= 0.3 is 0 Å². The van der Waals surface area contributed by atoms with Crippen LogP contribution in [0, 0.1) is 23.2 Å². The van der Waals surface area contributed by atoms with Gasteiger partial charge in [-0.15, -0.1) is 0 Å². The van der Waals surface area contributed by atoms with Crippen molar-refractivity contribution in [3.63, 3.8) is 0 Å². The Morgan fingerprint density at radius 2 is 1.76 bits per heavy atom. The van der Waals surface area contributed by atoms with Crippen LogP contribution in [-0.2, 0) is 4.79 Å². The topological polar surface area (TPSA) is 32.3 Å². The minimum atomic E-state index is 0.0450. The molecule has 0 radical (unpaired) electrons. The van der Waals surface area contributed by atoms with Gasteiger partial charge < -0.3 is 10.2 Å². The summed E-state index contributed by atoms with van der Waals surface area (Å²) in [7, 11) is 0. The zero-order valence-corrected chi connectivity index (χ0v) is 13.4. The van der Waals surface area contributed by atoms with Crippen LogP contribution in [0.2, 0.25) is 0 Å². The molecule has 4 bridgehead atoms. The van der Waals surface area contributed by atoms with Gasteiger partial charge in [-0.1, -0.05) is 0 Å². The van der Waals surface area contributed by atoms with Gasteiger partial charge in [0.25, 0.3) is 0 Å². The molecule has 0 aromatic heterocycles. The van der Waals surface area contributed by atoms with Crippen LogP contribution < -0.4 is 5.32 Å². The third-order valence-corrected chi connectivity index (χ3v) is 6.76. The minimum Gasteiger partial charge on any atom is -0.341 e. The monoisotopic (exact) mass is 290 g/mol. The molecule has 5 fully saturated rings. The number of hydrogen-bond acceptors (Lipinski definition) is 2. The summed E-state index contributed by atoms with van der Waals surface area (Å²) in [4.78, 5) is 15.5. The SMILES string of the molecule is CCN(CC1CCCN1)C(=O)C12CC3CC(CC(C3)C1)C2. The van der Waals surface area contributed by atoms with Gasteiger partial charge in [0.15, 0.2) is 0 Å². The Morgan fingerprint density at radius 1 is 1.14 bits per heavy atom. The molecule has 4 aliphatic carbocycles. The lowest BCUT2D eigenvalue weighted by Gasteiger charge is -2.56. The van der Waals surface area contributed by atoms with Crippen molar-refractivity contribution in [3.8, 4) is 0 Å². The van der Waals surface area contributed by atoms with Gasteiger partial charge in [0.1, 0.15) is 0 Å². The summed E-state index contributed by atoms with van der Waals surface area (Å²) in [6.07, 6.45) is 10.4. The molecule has 21 heavy (non-hydrogen) atoms. The molecule has 1 saturated heterocycles. The molecule has 1 atom stereocenters. The maximum atomic E-state index is 13.3. The number of carbonyl (C=O) groups is 1. The van der Waals surface area contributed by atoms with Crippen LogP contribution in [0.1, 0.15) is 58.3 Å². The summed E-state index contributed by atoms with van der Waals surface area (Å²) >= 11 is 0. The summed E-state index contributed by atoms with van der Waals surface area (Å²) in [6, 6.07) is 0.544. The molecule has 3 nitrogen and oxygen atoms in total. The Morgan fingerprint density at radius 3 is 2.24 bits per heavy atom. The zero-order chi connectivity index (χ0) is 14.4. The molecule has 3 heteroatoms. The number of nitrogens with zero attached hydrogens (tertiary/aromatic N) is 1. The van der Waals surface area contributed by atoms with E-state index in [0.29, 0.717) is 11.9 Å². The molecule has 5 aliphatic rings. The first-order valence-electron chi connectivity index (χ1n) is 9.21. The minimum absolute atomic E-state index is 0.0450. The van der Waals surface area contributed by atoms with Crippen molar-refractivity contribution in [1.29, 1.82) is 0 Å². The Kier molecular flexibility index (Phi) is 3.52. The molecule has 1 heterocycles. The van der Waals surface area contributed by atoms with Gasteiger partial charge in [0.05, 0.1) is 5.41 Å². The Hall–Kier alpha value is -0.570. The van der Waals surface area contributed by atoms with Gasteiger partial charge in [-0.3, -0.25) is 4.79 Å². The highest BCUT2D eigenvalue weighted by Crippen LogP contribution is 2.60. The lowest BCUT2D eigenvalue weighted by molar-refractivity contribution is -0.157. The van der Waals surface area contributed by atoms with Gasteiger partial charge in [-0.2, -0.15) is 0 Å². The van der Waals surface area contributed by atoms with Gasteiger partial charge in [-0.25, -0.2) is 0 Å². The number of nitrogens with one attached hydrogen (secondary N) is 1. The summed E-state index contributed by atoms with van der Waals surface area (Å²) in [5.41, 5.74) is 0.0450. The summed E-state index contributed by atoms with van der Waals surface area (Å²) in [5, 5.41) is 3.56. The van der Waals surface area contributed by atoms with E-state index in [2.05, 4.69) is 17.1 Å². The second kappa shape index (κ2) is 5.26. The third-order valence-electron chi connectivity index (χ3n) is 6.76. The predicted molar refractivity (Wildman–Crippen MR) is 83.9 cm³/mol. The highest BCUT2D eigenvalue weighted by atomic mass is 16.2. The fourth-order valence-corrected chi connectivity index (χ4v) is 6.24. The molecule has 1 amide bonds. The second-order valence-corrected chi connectivity index (χ2v) is 8.33. The van der Waals surface area contributed by atoms with Crippen molar-refractivity contribution in [2.45, 2.75) is 64.3 Å². The zero-order valence-electron chi connectivity index (χ0n) is 13.4. The summed E-state index contributed by atoms with van der Waals surface area (Å²) in [6.45, 7) is 5.12. The molecule has 1 N–H and O–H groups in total. The summed E-state index contributed by atoms with van der Waals surface area (Å²) in [5.74, 6) is 3.10. The largest absolute Gasteiger partial charge is 0.341 e. The number of hydrogen-bond donors (Lipinski definition) is 1. The Labute approximate surface area is 128 Å². The molecule has 0 aromatic carbocycles. The van der Waals surface area contributed by atoms with Crippen LogP contribution in [0.25, 0.3) is 0 Å².